The van der Waals surface area contributed by atoms with Gasteiger partial charge in [-0.3, -0.25) is 9.78 Å². The van der Waals surface area contributed by atoms with Crippen molar-refractivity contribution in [2.24, 2.45) is 17.1 Å². The van der Waals surface area contributed by atoms with Gasteiger partial charge >= 0.3 is 0 Å². The van der Waals surface area contributed by atoms with E-state index in [1.165, 1.54) is 0 Å². The van der Waals surface area contributed by atoms with Gasteiger partial charge in [-0.2, -0.15) is 0 Å². The SMILES string of the molecule is Cc1ccc(NC(=O)C2(N)C3CCCOC3C2(C)C)cn1. The number of carbonyl (C=O) groups excluding carboxylic acids is 1. The lowest BCUT2D eigenvalue weighted by Crippen LogP contribution is -2.81. The maximum atomic E-state index is 12.8. The summed E-state index contributed by atoms with van der Waals surface area (Å²) >= 11 is 0. The van der Waals surface area contributed by atoms with Crippen LogP contribution in [0.4, 0.5) is 5.69 Å². The predicted octanol–water partition coefficient (Wildman–Crippen LogP) is 1.86. The molecule has 21 heavy (non-hydrogen) atoms. The van der Waals surface area contributed by atoms with Crippen LogP contribution in [0.5, 0.6) is 0 Å². The van der Waals surface area contributed by atoms with Crippen molar-refractivity contribution in [2.45, 2.75) is 45.3 Å². The number of hydrogen-bond acceptors (Lipinski definition) is 4. The van der Waals surface area contributed by atoms with Gasteiger partial charge in [-0.1, -0.05) is 13.8 Å². The fourth-order valence-electron chi connectivity index (χ4n) is 3.81. The van der Waals surface area contributed by atoms with Crippen LogP contribution in [0.1, 0.15) is 32.4 Å². The number of pyridine rings is 1. The minimum atomic E-state index is -0.886. The summed E-state index contributed by atoms with van der Waals surface area (Å²) in [7, 11) is 0. The van der Waals surface area contributed by atoms with Crippen molar-refractivity contribution in [1.82, 2.24) is 4.98 Å². The van der Waals surface area contributed by atoms with Crippen LogP contribution < -0.4 is 11.1 Å². The Labute approximate surface area is 125 Å². The first kappa shape index (κ1) is 14.5. The van der Waals surface area contributed by atoms with Gasteiger partial charge in [0.2, 0.25) is 5.91 Å². The van der Waals surface area contributed by atoms with Crippen molar-refractivity contribution < 1.29 is 9.53 Å². The third-order valence-corrected chi connectivity index (χ3v) is 5.23. The summed E-state index contributed by atoms with van der Waals surface area (Å²) in [6.45, 7) is 6.72. The quantitative estimate of drug-likeness (QED) is 0.871. The summed E-state index contributed by atoms with van der Waals surface area (Å²) in [4.78, 5) is 16.9. The Balaban J connectivity index is 1.81. The molecule has 5 nitrogen and oxygen atoms in total. The Morgan fingerprint density at radius 1 is 1.48 bits per heavy atom. The highest BCUT2D eigenvalue weighted by atomic mass is 16.5. The van der Waals surface area contributed by atoms with E-state index in [1.54, 1.807) is 6.20 Å². The summed E-state index contributed by atoms with van der Waals surface area (Å²) in [6.07, 6.45) is 3.66. The van der Waals surface area contributed by atoms with Gasteiger partial charge in [-0.05, 0) is 31.9 Å². The molecule has 3 atom stereocenters. The standard InChI is InChI=1S/C16H23N3O2/c1-10-6-7-11(9-18-10)19-14(20)16(17)12-5-4-8-21-13(12)15(16,2)3/h6-7,9,12-13H,4-5,8,17H2,1-3H3,(H,19,20). The molecule has 2 heterocycles. The molecular weight excluding hydrogens is 266 g/mol. The number of anilines is 1. The van der Waals surface area contributed by atoms with Gasteiger partial charge in [0.15, 0.2) is 0 Å². The molecule has 3 N–H and O–H groups in total. The molecule has 114 valence electrons. The highest BCUT2D eigenvalue weighted by molar-refractivity contribution is 6.00. The summed E-state index contributed by atoms with van der Waals surface area (Å²) < 4.78 is 5.83. The summed E-state index contributed by atoms with van der Waals surface area (Å²) in [5, 5.41) is 2.92. The van der Waals surface area contributed by atoms with E-state index in [2.05, 4.69) is 10.3 Å². The van der Waals surface area contributed by atoms with E-state index in [0.29, 0.717) is 5.69 Å². The molecule has 1 aliphatic heterocycles. The fraction of sp³-hybridized carbons (Fsp3) is 0.625. The van der Waals surface area contributed by atoms with Gasteiger partial charge in [-0.25, -0.2) is 0 Å². The molecule has 0 bridgehead atoms. The van der Waals surface area contributed by atoms with Crippen LogP contribution in [0.3, 0.4) is 0 Å². The Morgan fingerprint density at radius 2 is 2.24 bits per heavy atom. The second-order valence-electron chi connectivity index (χ2n) is 6.77. The lowest BCUT2D eigenvalue weighted by molar-refractivity contribution is -0.222. The predicted molar refractivity (Wildman–Crippen MR) is 80.8 cm³/mol. The molecule has 0 spiro atoms. The van der Waals surface area contributed by atoms with Crippen molar-refractivity contribution in [3.8, 4) is 0 Å². The monoisotopic (exact) mass is 289 g/mol. The topological polar surface area (TPSA) is 77.2 Å². The molecule has 2 fully saturated rings. The van der Waals surface area contributed by atoms with Gasteiger partial charge < -0.3 is 15.8 Å². The van der Waals surface area contributed by atoms with Crippen LogP contribution in [0.15, 0.2) is 18.3 Å². The van der Waals surface area contributed by atoms with Crippen LogP contribution in [-0.2, 0) is 9.53 Å². The van der Waals surface area contributed by atoms with E-state index in [4.69, 9.17) is 10.5 Å². The molecule has 3 rings (SSSR count). The van der Waals surface area contributed by atoms with Crippen molar-refractivity contribution in [3.63, 3.8) is 0 Å². The Hall–Kier alpha value is -1.46. The Kier molecular flexibility index (Phi) is 3.30. The summed E-state index contributed by atoms with van der Waals surface area (Å²) in [5.74, 6) is -0.0374. The van der Waals surface area contributed by atoms with E-state index in [1.807, 2.05) is 32.9 Å². The molecule has 1 aromatic rings. The molecule has 0 aromatic carbocycles. The molecular formula is C16H23N3O2. The van der Waals surface area contributed by atoms with E-state index in [9.17, 15) is 4.79 Å². The second kappa shape index (κ2) is 4.78. The van der Waals surface area contributed by atoms with Crippen LogP contribution in [0, 0.1) is 18.3 Å². The van der Waals surface area contributed by atoms with E-state index in [-0.39, 0.29) is 23.3 Å². The minimum absolute atomic E-state index is 0.0816. The summed E-state index contributed by atoms with van der Waals surface area (Å²) in [6, 6.07) is 3.72. The fourth-order valence-corrected chi connectivity index (χ4v) is 3.81. The average molecular weight is 289 g/mol. The molecule has 1 saturated heterocycles. The van der Waals surface area contributed by atoms with Gasteiger partial charge in [0.05, 0.1) is 18.0 Å². The van der Waals surface area contributed by atoms with Crippen LogP contribution in [0.2, 0.25) is 0 Å². The number of fused-ring (bicyclic) bond motifs is 1. The number of aromatic nitrogens is 1. The van der Waals surface area contributed by atoms with Crippen LogP contribution in [0.25, 0.3) is 0 Å². The highest BCUT2D eigenvalue weighted by Gasteiger charge is 2.70. The Morgan fingerprint density at radius 3 is 2.90 bits per heavy atom. The highest BCUT2D eigenvalue weighted by Crippen LogP contribution is 2.57. The first-order valence-electron chi connectivity index (χ1n) is 7.52. The second-order valence-corrected chi connectivity index (χ2v) is 6.77. The Bertz CT molecular complexity index is 555. The van der Waals surface area contributed by atoms with Gasteiger partial charge in [0, 0.05) is 23.6 Å². The molecule has 1 amide bonds. The number of nitrogens with two attached hydrogens (primary N) is 1. The first-order valence-corrected chi connectivity index (χ1v) is 7.52. The average Bonchev–Trinajstić information content (AvgIpc) is 2.48. The zero-order chi connectivity index (χ0) is 15.3. The lowest BCUT2D eigenvalue weighted by Gasteiger charge is -2.65. The van der Waals surface area contributed by atoms with Crippen molar-refractivity contribution in [2.75, 3.05) is 11.9 Å². The minimum Gasteiger partial charge on any atom is -0.377 e. The van der Waals surface area contributed by atoms with Gasteiger partial charge in [-0.15, -0.1) is 0 Å². The third kappa shape index (κ3) is 1.99. The van der Waals surface area contributed by atoms with E-state index in [0.717, 1.165) is 25.1 Å². The number of nitrogens with zero attached hydrogens (tertiary/aromatic N) is 1. The molecule has 3 unspecified atom stereocenters. The maximum Gasteiger partial charge on any atom is 0.245 e. The molecule has 1 aromatic heterocycles. The van der Waals surface area contributed by atoms with Crippen molar-refractivity contribution in [3.05, 3.63) is 24.0 Å². The van der Waals surface area contributed by atoms with Crippen molar-refractivity contribution in [1.29, 1.82) is 0 Å². The smallest absolute Gasteiger partial charge is 0.245 e. The van der Waals surface area contributed by atoms with Crippen molar-refractivity contribution >= 4 is 11.6 Å². The van der Waals surface area contributed by atoms with Crippen LogP contribution >= 0.6 is 0 Å². The number of hydrogen-bond donors (Lipinski definition) is 2. The zero-order valence-electron chi connectivity index (χ0n) is 12.8. The third-order valence-electron chi connectivity index (χ3n) is 5.23. The number of rotatable bonds is 2. The lowest BCUT2D eigenvalue weighted by atomic mass is 9.46. The van der Waals surface area contributed by atoms with E-state index < -0.39 is 5.54 Å². The van der Waals surface area contributed by atoms with Gasteiger partial charge in [0.25, 0.3) is 0 Å². The summed E-state index contributed by atoms with van der Waals surface area (Å²) in [5.41, 5.74) is 6.90. The number of aryl methyl sites for hydroxylation is 1. The molecule has 0 radical (unpaired) electrons. The maximum absolute atomic E-state index is 12.8. The van der Waals surface area contributed by atoms with E-state index >= 15 is 0 Å². The molecule has 1 aliphatic carbocycles. The molecule has 2 aliphatic rings. The number of carbonyl (C=O) groups is 1. The number of amides is 1. The zero-order valence-corrected chi connectivity index (χ0v) is 12.8. The largest absolute Gasteiger partial charge is 0.377 e. The molecule has 1 saturated carbocycles. The normalized spacial score (nSPS) is 33.7. The molecule has 5 heteroatoms. The first-order chi connectivity index (χ1) is 9.87. The number of nitrogens with one attached hydrogen (secondary N) is 1. The van der Waals surface area contributed by atoms with Crippen LogP contribution in [-0.4, -0.2) is 29.1 Å². The van der Waals surface area contributed by atoms with Gasteiger partial charge in [0.1, 0.15) is 5.54 Å². The number of ether oxygens (including phenoxy) is 1.